The van der Waals surface area contributed by atoms with Crippen LogP contribution in [0.5, 0.6) is 0 Å². The van der Waals surface area contributed by atoms with Crippen molar-refractivity contribution in [2.75, 3.05) is 13.1 Å². The number of rotatable bonds is 2. The molecule has 0 aliphatic carbocycles. The fourth-order valence-corrected chi connectivity index (χ4v) is 2.21. The first kappa shape index (κ1) is 11.3. The molecule has 1 aliphatic rings. The van der Waals surface area contributed by atoms with E-state index in [1.165, 1.54) is 12.1 Å². The molecule has 1 aliphatic heterocycles. The van der Waals surface area contributed by atoms with Gasteiger partial charge in [-0.3, -0.25) is 4.79 Å². The number of hydrogen-bond acceptors (Lipinski definition) is 2. The molecular weight excluding hydrogens is 205 g/mol. The fourth-order valence-electron chi connectivity index (χ4n) is 2.21. The maximum atomic E-state index is 12.9. The summed E-state index contributed by atoms with van der Waals surface area (Å²) in [7, 11) is 0. The van der Waals surface area contributed by atoms with E-state index in [9.17, 15) is 9.18 Å². The Labute approximate surface area is 94.9 Å². The van der Waals surface area contributed by atoms with Crippen molar-refractivity contribution in [2.24, 2.45) is 5.92 Å². The van der Waals surface area contributed by atoms with E-state index in [-0.39, 0.29) is 17.5 Å². The molecule has 0 spiro atoms. The first-order valence-corrected chi connectivity index (χ1v) is 5.69. The van der Waals surface area contributed by atoms with Crippen LogP contribution in [-0.2, 0) is 0 Å². The summed E-state index contributed by atoms with van der Waals surface area (Å²) < 4.78 is 12.9. The van der Waals surface area contributed by atoms with Crippen LogP contribution in [0, 0.1) is 18.7 Å². The normalized spacial score (nSPS) is 17.4. The Morgan fingerprint density at radius 2 is 2.06 bits per heavy atom. The number of piperidine rings is 1. The number of halogens is 1. The van der Waals surface area contributed by atoms with Crippen LogP contribution >= 0.6 is 0 Å². The molecule has 1 aromatic rings. The molecule has 0 atom stereocenters. The van der Waals surface area contributed by atoms with Crippen LogP contribution < -0.4 is 5.32 Å². The van der Waals surface area contributed by atoms with E-state index in [4.69, 9.17) is 0 Å². The maximum Gasteiger partial charge on any atom is 0.166 e. The smallest absolute Gasteiger partial charge is 0.166 e. The number of carbonyl (C=O) groups is 1. The van der Waals surface area contributed by atoms with Gasteiger partial charge in [0.05, 0.1) is 0 Å². The van der Waals surface area contributed by atoms with E-state index >= 15 is 0 Å². The monoisotopic (exact) mass is 221 g/mol. The standard InChI is InChI=1S/C13H16FNO/c1-9-8-11(14)2-3-12(9)13(16)10-4-6-15-7-5-10/h2-3,8,10,15H,4-7H2,1H3. The molecule has 0 aromatic heterocycles. The Morgan fingerprint density at radius 3 is 2.69 bits per heavy atom. The average Bonchev–Trinajstić information content (AvgIpc) is 2.29. The molecule has 0 amide bonds. The summed E-state index contributed by atoms with van der Waals surface area (Å²) in [5, 5.41) is 3.23. The van der Waals surface area contributed by atoms with Crippen molar-refractivity contribution in [3.8, 4) is 0 Å². The SMILES string of the molecule is Cc1cc(F)ccc1C(=O)C1CCNCC1. The highest BCUT2D eigenvalue weighted by Crippen LogP contribution is 2.20. The molecule has 1 heterocycles. The fraction of sp³-hybridized carbons (Fsp3) is 0.462. The maximum absolute atomic E-state index is 12.9. The highest BCUT2D eigenvalue weighted by Gasteiger charge is 2.23. The van der Waals surface area contributed by atoms with Gasteiger partial charge in [0.25, 0.3) is 0 Å². The number of nitrogens with one attached hydrogen (secondary N) is 1. The van der Waals surface area contributed by atoms with Gasteiger partial charge < -0.3 is 5.32 Å². The van der Waals surface area contributed by atoms with Crippen LogP contribution in [0.2, 0.25) is 0 Å². The third kappa shape index (κ3) is 2.30. The predicted molar refractivity (Wildman–Crippen MR) is 61.1 cm³/mol. The number of hydrogen-bond donors (Lipinski definition) is 1. The highest BCUT2D eigenvalue weighted by molar-refractivity contribution is 5.99. The minimum atomic E-state index is -0.278. The minimum absolute atomic E-state index is 0.102. The number of aryl methyl sites for hydroxylation is 1. The topological polar surface area (TPSA) is 29.1 Å². The molecule has 0 unspecified atom stereocenters. The van der Waals surface area contributed by atoms with Gasteiger partial charge in [-0.15, -0.1) is 0 Å². The van der Waals surface area contributed by atoms with Crippen molar-refractivity contribution in [1.29, 1.82) is 0 Å². The van der Waals surface area contributed by atoms with Crippen molar-refractivity contribution in [3.63, 3.8) is 0 Å². The van der Waals surface area contributed by atoms with Crippen molar-refractivity contribution in [2.45, 2.75) is 19.8 Å². The number of carbonyl (C=O) groups excluding carboxylic acids is 1. The number of ketones is 1. The first-order valence-electron chi connectivity index (χ1n) is 5.69. The van der Waals surface area contributed by atoms with Gasteiger partial charge in [-0.2, -0.15) is 0 Å². The third-order valence-electron chi connectivity index (χ3n) is 3.16. The van der Waals surface area contributed by atoms with Crippen LogP contribution in [0.4, 0.5) is 4.39 Å². The Kier molecular flexibility index (Phi) is 3.34. The Bertz CT molecular complexity index is 397. The lowest BCUT2D eigenvalue weighted by atomic mass is 9.88. The molecule has 2 nitrogen and oxygen atoms in total. The summed E-state index contributed by atoms with van der Waals surface area (Å²) in [6, 6.07) is 4.39. The highest BCUT2D eigenvalue weighted by atomic mass is 19.1. The summed E-state index contributed by atoms with van der Waals surface area (Å²) in [5.74, 6) is -0.0104. The second-order valence-corrected chi connectivity index (χ2v) is 4.35. The van der Waals surface area contributed by atoms with Crippen molar-refractivity contribution in [1.82, 2.24) is 5.32 Å². The van der Waals surface area contributed by atoms with Gasteiger partial charge in [0.15, 0.2) is 5.78 Å². The number of benzene rings is 1. The van der Waals surface area contributed by atoms with E-state index in [1.54, 1.807) is 13.0 Å². The second-order valence-electron chi connectivity index (χ2n) is 4.35. The van der Waals surface area contributed by atoms with E-state index in [0.29, 0.717) is 5.56 Å². The molecule has 2 rings (SSSR count). The summed E-state index contributed by atoms with van der Waals surface area (Å²) in [6.07, 6.45) is 1.77. The molecule has 0 bridgehead atoms. The summed E-state index contributed by atoms with van der Waals surface area (Å²) in [4.78, 5) is 12.2. The van der Waals surface area contributed by atoms with Crippen molar-refractivity contribution < 1.29 is 9.18 Å². The predicted octanol–water partition coefficient (Wildman–Crippen LogP) is 2.32. The molecule has 0 saturated carbocycles. The van der Waals surface area contributed by atoms with Gasteiger partial charge >= 0.3 is 0 Å². The van der Waals surface area contributed by atoms with Crippen LogP contribution in [0.3, 0.4) is 0 Å². The van der Waals surface area contributed by atoms with Gasteiger partial charge in [0, 0.05) is 11.5 Å². The van der Waals surface area contributed by atoms with Crippen molar-refractivity contribution >= 4 is 5.78 Å². The summed E-state index contributed by atoms with van der Waals surface area (Å²) >= 11 is 0. The van der Waals surface area contributed by atoms with Gasteiger partial charge in [-0.25, -0.2) is 4.39 Å². The first-order chi connectivity index (χ1) is 7.68. The summed E-state index contributed by atoms with van der Waals surface area (Å²) in [5.41, 5.74) is 1.41. The second kappa shape index (κ2) is 4.74. The molecule has 1 aromatic carbocycles. The molecule has 1 N–H and O–H groups in total. The van der Waals surface area contributed by atoms with Gasteiger partial charge in [0.2, 0.25) is 0 Å². The van der Waals surface area contributed by atoms with Gasteiger partial charge in [-0.1, -0.05) is 0 Å². The van der Waals surface area contributed by atoms with Gasteiger partial charge in [0.1, 0.15) is 5.82 Å². The lowest BCUT2D eigenvalue weighted by molar-refractivity contribution is 0.0894. The van der Waals surface area contributed by atoms with Crippen LogP contribution in [0.15, 0.2) is 18.2 Å². The molecule has 16 heavy (non-hydrogen) atoms. The average molecular weight is 221 g/mol. The summed E-state index contributed by atoms with van der Waals surface area (Å²) in [6.45, 7) is 3.59. The van der Waals surface area contributed by atoms with E-state index < -0.39 is 0 Å². The van der Waals surface area contributed by atoms with Crippen molar-refractivity contribution in [3.05, 3.63) is 35.1 Å². The zero-order valence-electron chi connectivity index (χ0n) is 9.42. The lowest BCUT2D eigenvalue weighted by Crippen LogP contribution is -2.32. The van der Waals surface area contributed by atoms with E-state index in [2.05, 4.69) is 5.32 Å². The molecule has 1 fully saturated rings. The quantitative estimate of drug-likeness (QED) is 0.776. The van der Waals surface area contributed by atoms with E-state index in [0.717, 1.165) is 31.5 Å². The molecule has 86 valence electrons. The Balaban J connectivity index is 2.19. The molecule has 1 saturated heterocycles. The van der Waals surface area contributed by atoms with Crippen LogP contribution in [0.25, 0.3) is 0 Å². The molecular formula is C13H16FNO. The zero-order valence-corrected chi connectivity index (χ0v) is 9.42. The van der Waals surface area contributed by atoms with E-state index in [1.807, 2.05) is 0 Å². The lowest BCUT2D eigenvalue weighted by Gasteiger charge is -2.22. The Morgan fingerprint density at radius 1 is 1.38 bits per heavy atom. The zero-order chi connectivity index (χ0) is 11.5. The Hall–Kier alpha value is -1.22. The van der Waals surface area contributed by atoms with Gasteiger partial charge in [-0.05, 0) is 56.6 Å². The van der Waals surface area contributed by atoms with Crippen LogP contribution in [-0.4, -0.2) is 18.9 Å². The molecule has 3 heteroatoms. The van der Waals surface area contributed by atoms with Crippen LogP contribution in [0.1, 0.15) is 28.8 Å². The third-order valence-corrected chi connectivity index (χ3v) is 3.16. The largest absolute Gasteiger partial charge is 0.317 e. The number of Topliss-reactive ketones (excluding diaryl/α,β-unsaturated/α-hetero) is 1. The minimum Gasteiger partial charge on any atom is -0.317 e. The molecule has 0 radical (unpaired) electrons.